The fourth-order valence-corrected chi connectivity index (χ4v) is 5.18. The molecule has 0 aliphatic carbocycles. The summed E-state index contributed by atoms with van der Waals surface area (Å²) in [5.74, 6) is -0.914. The number of halogens is 1. The second-order valence-electron chi connectivity index (χ2n) is 7.41. The minimum absolute atomic E-state index is 0.109. The molecule has 0 spiro atoms. The minimum atomic E-state index is -3.59. The van der Waals surface area contributed by atoms with Crippen LogP contribution in [0.15, 0.2) is 53.4 Å². The molecule has 1 unspecified atom stereocenters. The molecule has 2 saturated heterocycles. The number of anilines is 2. The molecule has 2 amide bonds. The third kappa shape index (κ3) is 4.74. The first kappa shape index (κ1) is 21.8. The first-order chi connectivity index (χ1) is 14.8. The molecule has 10 heteroatoms. The topological polar surface area (TPSA) is 96.0 Å². The van der Waals surface area contributed by atoms with Gasteiger partial charge in [0.2, 0.25) is 21.8 Å². The average Bonchev–Trinajstić information content (AvgIpc) is 3.17. The highest BCUT2D eigenvalue weighted by Crippen LogP contribution is 2.27. The highest BCUT2D eigenvalue weighted by molar-refractivity contribution is 7.89. The van der Waals surface area contributed by atoms with Crippen LogP contribution in [-0.2, 0) is 24.3 Å². The zero-order valence-electron chi connectivity index (χ0n) is 16.7. The lowest BCUT2D eigenvalue weighted by molar-refractivity contribution is -0.122. The van der Waals surface area contributed by atoms with E-state index in [0.717, 1.165) is 0 Å². The Balaban J connectivity index is 1.40. The molecule has 2 fully saturated rings. The van der Waals surface area contributed by atoms with Gasteiger partial charge < -0.3 is 15.0 Å². The van der Waals surface area contributed by atoms with Crippen LogP contribution in [0.4, 0.5) is 11.4 Å². The summed E-state index contributed by atoms with van der Waals surface area (Å²) < 4.78 is 32.0. The molecule has 4 rings (SSSR count). The molecule has 2 aromatic rings. The van der Waals surface area contributed by atoms with Crippen LogP contribution in [0.1, 0.15) is 6.42 Å². The minimum Gasteiger partial charge on any atom is -0.379 e. The van der Waals surface area contributed by atoms with Gasteiger partial charge in [-0.25, -0.2) is 8.42 Å². The number of morpholine rings is 1. The molecule has 1 atom stereocenters. The number of carbonyl (C=O) groups is 2. The number of rotatable bonds is 5. The van der Waals surface area contributed by atoms with Crippen molar-refractivity contribution in [1.29, 1.82) is 0 Å². The van der Waals surface area contributed by atoms with Gasteiger partial charge in [0.1, 0.15) is 0 Å². The SMILES string of the molecule is O=C(Nc1ccc(S(=O)(=O)N2CCOCC2)cc1)C1CC(=O)N(c2ccc(Cl)cc2)C1. The van der Waals surface area contributed by atoms with Crippen LogP contribution in [0, 0.1) is 5.92 Å². The van der Waals surface area contributed by atoms with Gasteiger partial charge in [0.05, 0.1) is 24.0 Å². The highest BCUT2D eigenvalue weighted by atomic mass is 35.5. The van der Waals surface area contributed by atoms with Crippen molar-refractivity contribution in [2.75, 3.05) is 43.1 Å². The van der Waals surface area contributed by atoms with Crippen molar-refractivity contribution in [1.82, 2.24) is 4.31 Å². The van der Waals surface area contributed by atoms with E-state index < -0.39 is 15.9 Å². The van der Waals surface area contributed by atoms with E-state index in [1.165, 1.54) is 16.4 Å². The summed E-state index contributed by atoms with van der Waals surface area (Å²) in [7, 11) is -3.59. The predicted octanol–water partition coefficient (Wildman–Crippen LogP) is 2.35. The van der Waals surface area contributed by atoms with Gasteiger partial charge in [0.25, 0.3) is 0 Å². The second-order valence-corrected chi connectivity index (χ2v) is 9.79. The Labute approximate surface area is 185 Å². The highest BCUT2D eigenvalue weighted by Gasteiger charge is 2.35. The second kappa shape index (κ2) is 8.96. The van der Waals surface area contributed by atoms with Crippen molar-refractivity contribution in [2.45, 2.75) is 11.3 Å². The molecule has 0 radical (unpaired) electrons. The molecule has 2 aromatic carbocycles. The summed E-state index contributed by atoms with van der Waals surface area (Å²) in [5.41, 5.74) is 1.17. The Hall–Kier alpha value is -2.46. The fraction of sp³-hybridized carbons (Fsp3) is 0.333. The molecule has 2 heterocycles. The monoisotopic (exact) mass is 463 g/mol. The summed E-state index contributed by atoms with van der Waals surface area (Å²) in [6, 6.07) is 12.9. The summed E-state index contributed by atoms with van der Waals surface area (Å²) in [5, 5.41) is 3.35. The van der Waals surface area contributed by atoms with E-state index in [1.54, 1.807) is 41.3 Å². The smallest absolute Gasteiger partial charge is 0.243 e. The lowest BCUT2D eigenvalue weighted by Crippen LogP contribution is -2.40. The van der Waals surface area contributed by atoms with Crippen molar-refractivity contribution in [3.05, 3.63) is 53.6 Å². The number of amides is 2. The lowest BCUT2D eigenvalue weighted by atomic mass is 10.1. The van der Waals surface area contributed by atoms with E-state index >= 15 is 0 Å². The number of hydrogen-bond acceptors (Lipinski definition) is 5. The van der Waals surface area contributed by atoms with Crippen molar-refractivity contribution in [2.24, 2.45) is 5.92 Å². The standard InChI is InChI=1S/C21H22ClN3O5S/c22-16-1-5-18(6-2-16)25-14-15(13-20(25)26)21(27)23-17-3-7-19(8-4-17)31(28,29)24-9-11-30-12-10-24/h1-8,15H,9-14H2,(H,23,27). The quantitative estimate of drug-likeness (QED) is 0.734. The van der Waals surface area contributed by atoms with E-state index in [9.17, 15) is 18.0 Å². The molecule has 31 heavy (non-hydrogen) atoms. The molecule has 2 aliphatic heterocycles. The summed E-state index contributed by atoms with van der Waals surface area (Å²) in [6.07, 6.45) is 0.109. The summed E-state index contributed by atoms with van der Waals surface area (Å²) in [4.78, 5) is 26.8. The van der Waals surface area contributed by atoms with Crippen LogP contribution in [0.5, 0.6) is 0 Å². The Morgan fingerprint density at radius 3 is 2.32 bits per heavy atom. The van der Waals surface area contributed by atoms with Crippen LogP contribution in [-0.4, -0.2) is 57.4 Å². The molecular weight excluding hydrogens is 442 g/mol. The number of nitrogens with one attached hydrogen (secondary N) is 1. The maximum atomic E-state index is 12.7. The third-order valence-electron chi connectivity index (χ3n) is 5.36. The Morgan fingerprint density at radius 1 is 1.03 bits per heavy atom. The van der Waals surface area contributed by atoms with E-state index in [2.05, 4.69) is 5.32 Å². The van der Waals surface area contributed by atoms with Crippen molar-refractivity contribution >= 4 is 44.8 Å². The zero-order valence-corrected chi connectivity index (χ0v) is 18.2. The third-order valence-corrected chi connectivity index (χ3v) is 7.53. The van der Waals surface area contributed by atoms with E-state index in [0.29, 0.717) is 42.7 Å². The normalized spacial score (nSPS) is 20.1. The van der Waals surface area contributed by atoms with Crippen LogP contribution < -0.4 is 10.2 Å². The largest absolute Gasteiger partial charge is 0.379 e. The van der Waals surface area contributed by atoms with Gasteiger partial charge in [0.15, 0.2) is 0 Å². The average molecular weight is 464 g/mol. The maximum absolute atomic E-state index is 12.7. The summed E-state index contributed by atoms with van der Waals surface area (Å²) in [6.45, 7) is 1.66. The lowest BCUT2D eigenvalue weighted by Gasteiger charge is -2.26. The number of nitrogens with zero attached hydrogens (tertiary/aromatic N) is 2. The molecule has 2 aliphatic rings. The van der Waals surface area contributed by atoms with Crippen molar-refractivity contribution in [3.8, 4) is 0 Å². The maximum Gasteiger partial charge on any atom is 0.243 e. The Morgan fingerprint density at radius 2 is 1.68 bits per heavy atom. The fourth-order valence-electron chi connectivity index (χ4n) is 3.64. The molecule has 1 N–H and O–H groups in total. The number of benzene rings is 2. The van der Waals surface area contributed by atoms with Crippen LogP contribution >= 0.6 is 11.6 Å². The Bertz CT molecular complexity index is 1070. The number of ether oxygens (including phenoxy) is 1. The van der Waals surface area contributed by atoms with Gasteiger partial charge in [-0.3, -0.25) is 9.59 Å². The van der Waals surface area contributed by atoms with Crippen LogP contribution in [0.3, 0.4) is 0 Å². The van der Waals surface area contributed by atoms with E-state index in [-0.39, 0.29) is 29.7 Å². The molecule has 0 saturated carbocycles. The van der Waals surface area contributed by atoms with Crippen molar-refractivity contribution in [3.63, 3.8) is 0 Å². The van der Waals surface area contributed by atoms with E-state index in [4.69, 9.17) is 16.3 Å². The number of hydrogen-bond donors (Lipinski definition) is 1. The van der Waals surface area contributed by atoms with Gasteiger partial charge in [-0.15, -0.1) is 0 Å². The predicted molar refractivity (Wildman–Crippen MR) is 117 cm³/mol. The van der Waals surface area contributed by atoms with Crippen LogP contribution in [0.25, 0.3) is 0 Å². The van der Waals surface area contributed by atoms with Gasteiger partial charge in [-0.05, 0) is 48.5 Å². The van der Waals surface area contributed by atoms with Crippen LogP contribution in [0.2, 0.25) is 5.02 Å². The molecular formula is C21H22ClN3O5S. The van der Waals surface area contributed by atoms with Gasteiger partial charge >= 0.3 is 0 Å². The molecule has 0 bridgehead atoms. The van der Waals surface area contributed by atoms with Gasteiger partial charge in [0, 0.05) is 42.5 Å². The number of carbonyl (C=O) groups excluding carboxylic acids is 2. The summed E-state index contributed by atoms with van der Waals surface area (Å²) >= 11 is 5.89. The molecule has 164 valence electrons. The first-order valence-electron chi connectivity index (χ1n) is 9.89. The first-order valence-corrected chi connectivity index (χ1v) is 11.7. The van der Waals surface area contributed by atoms with Gasteiger partial charge in [-0.2, -0.15) is 4.31 Å². The molecule has 0 aromatic heterocycles. The van der Waals surface area contributed by atoms with E-state index in [1.807, 2.05) is 0 Å². The van der Waals surface area contributed by atoms with Crippen molar-refractivity contribution < 1.29 is 22.7 Å². The van der Waals surface area contributed by atoms with Gasteiger partial charge in [-0.1, -0.05) is 11.6 Å². The Kier molecular flexibility index (Phi) is 6.29. The zero-order chi connectivity index (χ0) is 22.0. The molecule has 8 nitrogen and oxygen atoms in total. The number of sulfonamides is 1.